The summed E-state index contributed by atoms with van der Waals surface area (Å²) < 4.78 is 0.0744. The van der Waals surface area contributed by atoms with Gasteiger partial charge in [-0.3, -0.25) is 4.79 Å². The van der Waals surface area contributed by atoms with E-state index in [1.165, 1.54) is 0 Å². The maximum absolute atomic E-state index is 12.3. The summed E-state index contributed by atoms with van der Waals surface area (Å²) in [5.74, 6) is -0.349. The Balaban J connectivity index is 2.14. The van der Waals surface area contributed by atoms with Crippen molar-refractivity contribution in [2.75, 3.05) is 5.32 Å². The van der Waals surface area contributed by atoms with Crippen LogP contribution in [0.2, 0.25) is 0 Å². The first-order chi connectivity index (χ1) is 10.8. The Morgan fingerprint density at radius 1 is 0.913 bits per heavy atom. The summed E-state index contributed by atoms with van der Waals surface area (Å²) in [6, 6.07) is 14.2. The molecule has 1 atom stereocenters. The number of carbonyl (C=O) groups excluding carboxylic acids is 1. The van der Waals surface area contributed by atoms with E-state index in [4.69, 9.17) is 34.8 Å². The highest BCUT2D eigenvalue weighted by atomic mass is 79.9. The Kier molecular flexibility index (Phi) is 6.63. The van der Waals surface area contributed by atoms with Crippen LogP contribution in [0.3, 0.4) is 0 Å². The second kappa shape index (κ2) is 8.08. The summed E-state index contributed by atoms with van der Waals surface area (Å²) in [5, 5.41) is 5.68. The lowest BCUT2D eigenvalue weighted by Gasteiger charge is -2.27. The summed E-state index contributed by atoms with van der Waals surface area (Å²) >= 11 is 24.6. The number of halogens is 5. The third-order valence-corrected chi connectivity index (χ3v) is 4.58. The van der Waals surface area contributed by atoms with Crippen molar-refractivity contribution >= 4 is 78.3 Å². The van der Waals surface area contributed by atoms with Crippen molar-refractivity contribution in [2.24, 2.45) is 0 Å². The molecule has 0 saturated carbocycles. The fourth-order valence-corrected chi connectivity index (χ4v) is 2.58. The van der Waals surface area contributed by atoms with Crippen molar-refractivity contribution in [3.8, 4) is 0 Å². The zero-order valence-electron chi connectivity index (χ0n) is 11.5. The summed E-state index contributed by atoms with van der Waals surface area (Å²) in [5.41, 5.74) is 1.17. The second-order valence-corrected chi connectivity index (χ2v) is 8.81. The van der Waals surface area contributed by atoms with Crippen LogP contribution in [0.5, 0.6) is 0 Å². The smallest absolute Gasteiger partial charge is 0.252 e. The third-order valence-electron chi connectivity index (χ3n) is 2.86. The lowest BCUT2D eigenvalue weighted by molar-refractivity contribution is 0.0942. The van der Waals surface area contributed by atoms with Gasteiger partial charge in [0.15, 0.2) is 0 Å². The number of rotatable bonds is 4. The van der Waals surface area contributed by atoms with Gasteiger partial charge in [-0.25, -0.2) is 0 Å². The van der Waals surface area contributed by atoms with Crippen LogP contribution < -0.4 is 10.6 Å². The highest BCUT2D eigenvalue weighted by Crippen LogP contribution is 2.31. The lowest BCUT2D eigenvalue weighted by Crippen LogP contribution is -2.49. The van der Waals surface area contributed by atoms with Crippen LogP contribution in [-0.4, -0.2) is 15.9 Å². The van der Waals surface area contributed by atoms with E-state index in [0.29, 0.717) is 11.3 Å². The van der Waals surface area contributed by atoms with Crippen LogP contribution in [0.4, 0.5) is 5.69 Å². The number of hydrogen-bond acceptors (Lipinski definition) is 2. The fraction of sp³-hybridized carbons (Fsp3) is 0.133. The van der Waals surface area contributed by atoms with E-state index in [2.05, 4.69) is 42.5 Å². The molecule has 0 saturated heterocycles. The molecule has 0 radical (unpaired) electrons. The number of amides is 1. The number of benzene rings is 2. The summed E-state index contributed by atoms with van der Waals surface area (Å²) in [4.78, 5) is 12.3. The Bertz CT molecular complexity index is 673. The lowest BCUT2D eigenvalue weighted by atomic mass is 10.2. The van der Waals surface area contributed by atoms with Crippen LogP contribution in [-0.2, 0) is 0 Å². The molecule has 0 bridgehead atoms. The first-order valence-corrected chi connectivity index (χ1v) is 9.13. The highest BCUT2D eigenvalue weighted by molar-refractivity contribution is 9.10. The van der Waals surface area contributed by atoms with Gasteiger partial charge < -0.3 is 10.6 Å². The van der Waals surface area contributed by atoms with Gasteiger partial charge >= 0.3 is 0 Å². The molecule has 0 aliphatic rings. The summed E-state index contributed by atoms with van der Waals surface area (Å²) in [7, 11) is 0. The van der Waals surface area contributed by atoms with Gasteiger partial charge in [0, 0.05) is 20.2 Å². The quantitative estimate of drug-likeness (QED) is 0.414. The minimum absolute atomic E-state index is 0.349. The van der Waals surface area contributed by atoms with E-state index >= 15 is 0 Å². The van der Waals surface area contributed by atoms with Crippen molar-refractivity contribution < 1.29 is 4.79 Å². The normalized spacial score (nSPS) is 12.6. The first-order valence-electron chi connectivity index (χ1n) is 6.41. The molecular weight excluding hydrogens is 490 g/mol. The zero-order chi connectivity index (χ0) is 17.0. The minimum Gasteiger partial charge on any atom is -0.362 e. The molecule has 0 unspecified atom stereocenters. The predicted octanol–water partition coefficient (Wildman–Crippen LogP) is 5.75. The Labute approximate surface area is 165 Å². The number of hydrogen-bond donors (Lipinski definition) is 2. The van der Waals surface area contributed by atoms with E-state index in [1.54, 1.807) is 36.4 Å². The molecule has 2 rings (SSSR count). The van der Waals surface area contributed by atoms with Crippen LogP contribution >= 0.6 is 66.7 Å². The Morgan fingerprint density at radius 3 is 1.87 bits per heavy atom. The topological polar surface area (TPSA) is 41.1 Å². The van der Waals surface area contributed by atoms with Gasteiger partial charge in [-0.15, -0.1) is 0 Å². The van der Waals surface area contributed by atoms with E-state index in [9.17, 15) is 4.79 Å². The standard InChI is InChI=1S/C15H11Br2Cl3N2O/c16-10-3-1-9(2-4-10)13(23)22-14(15(18,19)20)21-12-7-5-11(17)6-8-12/h1-8,14,21H,(H,22,23)/t14-/m0/s1. The molecule has 2 aromatic carbocycles. The van der Waals surface area contributed by atoms with Crippen molar-refractivity contribution in [1.29, 1.82) is 0 Å². The molecule has 0 aromatic heterocycles. The first kappa shape index (κ1) is 18.9. The monoisotopic (exact) mass is 498 g/mol. The molecule has 0 spiro atoms. The molecule has 0 aliphatic heterocycles. The molecule has 0 fully saturated rings. The molecule has 23 heavy (non-hydrogen) atoms. The molecule has 0 heterocycles. The maximum Gasteiger partial charge on any atom is 0.252 e. The van der Waals surface area contributed by atoms with Gasteiger partial charge in [0.1, 0.15) is 6.17 Å². The summed E-state index contributed by atoms with van der Waals surface area (Å²) in [6.45, 7) is 0. The molecule has 3 nitrogen and oxygen atoms in total. The predicted molar refractivity (Wildman–Crippen MR) is 103 cm³/mol. The van der Waals surface area contributed by atoms with Crippen molar-refractivity contribution in [3.63, 3.8) is 0 Å². The van der Waals surface area contributed by atoms with E-state index in [-0.39, 0.29) is 5.91 Å². The zero-order valence-corrected chi connectivity index (χ0v) is 16.9. The van der Waals surface area contributed by atoms with Gasteiger partial charge in [-0.05, 0) is 48.5 Å². The molecule has 0 aliphatic carbocycles. The van der Waals surface area contributed by atoms with Gasteiger partial charge in [0.05, 0.1) is 0 Å². The number of nitrogens with one attached hydrogen (secondary N) is 2. The molecular formula is C15H11Br2Cl3N2O. The largest absolute Gasteiger partial charge is 0.362 e. The highest BCUT2D eigenvalue weighted by Gasteiger charge is 2.34. The van der Waals surface area contributed by atoms with Crippen LogP contribution in [0.25, 0.3) is 0 Å². The second-order valence-electron chi connectivity index (χ2n) is 4.61. The van der Waals surface area contributed by atoms with Gasteiger partial charge in [0.2, 0.25) is 3.79 Å². The van der Waals surface area contributed by atoms with Crippen LogP contribution in [0.1, 0.15) is 10.4 Å². The Morgan fingerprint density at radius 2 is 1.39 bits per heavy atom. The summed E-state index contributed by atoms with van der Waals surface area (Å²) in [6.07, 6.45) is -0.898. The van der Waals surface area contributed by atoms with Crippen LogP contribution in [0, 0.1) is 0 Å². The average molecular weight is 501 g/mol. The van der Waals surface area contributed by atoms with E-state index < -0.39 is 9.96 Å². The van der Waals surface area contributed by atoms with Gasteiger partial charge in [-0.1, -0.05) is 66.7 Å². The SMILES string of the molecule is O=C(N[C@H](Nc1ccc(Br)cc1)C(Cl)(Cl)Cl)c1ccc(Br)cc1. The Hall–Kier alpha value is -0.460. The molecule has 8 heteroatoms. The third kappa shape index (κ3) is 5.84. The molecule has 2 aromatic rings. The maximum atomic E-state index is 12.3. The molecule has 122 valence electrons. The fourth-order valence-electron chi connectivity index (χ4n) is 1.73. The number of carbonyl (C=O) groups is 1. The molecule has 2 N–H and O–H groups in total. The van der Waals surface area contributed by atoms with Gasteiger partial charge in [0.25, 0.3) is 5.91 Å². The van der Waals surface area contributed by atoms with Crippen molar-refractivity contribution in [2.45, 2.75) is 9.96 Å². The van der Waals surface area contributed by atoms with Gasteiger partial charge in [-0.2, -0.15) is 0 Å². The number of anilines is 1. The van der Waals surface area contributed by atoms with E-state index in [1.807, 2.05) is 12.1 Å². The number of alkyl halides is 3. The minimum atomic E-state index is -1.72. The van der Waals surface area contributed by atoms with Crippen molar-refractivity contribution in [3.05, 3.63) is 63.0 Å². The average Bonchev–Trinajstić information content (AvgIpc) is 2.48. The molecule has 1 amide bonds. The van der Waals surface area contributed by atoms with Crippen molar-refractivity contribution in [1.82, 2.24) is 5.32 Å². The van der Waals surface area contributed by atoms with Crippen LogP contribution in [0.15, 0.2) is 57.5 Å². The van der Waals surface area contributed by atoms with E-state index in [0.717, 1.165) is 8.95 Å².